The highest BCUT2D eigenvalue weighted by molar-refractivity contribution is 5.75. The van der Waals surface area contributed by atoms with Gasteiger partial charge in [-0.3, -0.25) is 4.79 Å². The van der Waals surface area contributed by atoms with E-state index in [9.17, 15) is 4.79 Å². The summed E-state index contributed by atoms with van der Waals surface area (Å²) in [6, 6.07) is 1.79. The first-order valence-electron chi connectivity index (χ1n) is 5.15. The zero-order chi connectivity index (χ0) is 12.1. The van der Waals surface area contributed by atoms with Gasteiger partial charge in [0.15, 0.2) is 0 Å². The predicted molar refractivity (Wildman–Crippen MR) is 58.5 cm³/mol. The molecule has 0 saturated heterocycles. The molecule has 0 fully saturated rings. The van der Waals surface area contributed by atoms with Crippen molar-refractivity contribution in [3.63, 3.8) is 0 Å². The van der Waals surface area contributed by atoms with Gasteiger partial charge in [0, 0.05) is 18.7 Å². The fraction of sp³-hybridized carbons (Fsp3) is 0.300. The van der Waals surface area contributed by atoms with Gasteiger partial charge in [0.05, 0.1) is 24.4 Å². The van der Waals surface area contributed by atoms with Crippen LogP contribution in [0.3, 0.4) is 0 Å². The van der Waals surface area contributed by atoms with Crippen LogP contribution < -0.4 is 11.1 Å². The van der Waals surface area contributed by atoms with Gasteiger partial charge in [-0.2, -0.15) is 0 Å². The Morgan fingerprint density at radius 3 is 3.12 bits per heavy atom. The second-order valence-electron chi connectivity index (χ2n) is 3.52. The summed E-state index contributed by atoms with van der Waals surface area (Å²) >= 11 is 0. The molecule has 3 N–H and O–H groups in total. The van der Waals surface area contributed by atoms with Crippen molar-refractivity contribution in [2.75, 3.05) is 0 Å². The fourth-order valence-electron chi connectivity index (χ4n) is 1.31. The van der Waals surface area contributed by atoms with E-state index >= 15 is 0 Å². The van der Waals surface area contributed by atoms with E-state index in [1.54, 1.807) is 24.8 Å². The predicted octanol–water partition coefficient (Wildman–Crippen LogP) is -0.354. The van der Waals surface area contributed by atoms with Crippen LogP contribution in [0, 0.1) is 0 Å². The molecule has 7 heteroatoms. The second-order valence-corrected chi connectivity index (χ2v) is 3.52. The molecule has 0 spiro atoms. The quantitative estimate of drug-likeness (QED) is 0.737. The molecule has 0 radical (unpaired) electrons. The Kier molecular flexibility index (Phi) is 3.51. The molecule has 0 aliphatic carbocycles. The van der Waals surface area contributed by atoms with Gasteiger partial charge in [-0.25, -0.2) is 4.68 Å². The zero-order valence-electron chi connectivity index (χ0n) is 9.17. The molecule has 17 heavy (non-hydrogen) atoms. The standard InChI is InChI=1S/C10H13N5O2/c11-3-9-5-15(14-13-9)6-10(16)12-4-8-1-2-17-7-8/h1-2,5,7H,3-4,6,11H2,(H,12,16). The first-order chi connectivity index (χ1) is 8.28. The van der Waals surface area contributed by atoms with Crippen LogP contribution in [0.2, 0.25) is 0 Å². The molecule has 2 aromatic heterocycles. The summed E-state index contributed by atoms with van der Waals surface area (Å²) in [7, 11) is 0. The Morgan fingerprint density at radius 1 is 1.59 bits per heavy atom. The van der Waals surface area contributed by atoms with E-state index in [1.807, 2.05) is 0 Å². The van der Waals surface area contributed by atoms with Gasteiger partial charge in [0.25, 0.3) is 0 Å². The molecule has 0 atom stereocenters. The lowest BCUT2D eigenvalue weighted by Gasteiger charge is -2.02. The first kappa shape index (κ1) is 11.3. The van der Waals surface area contributed by atoms with E-state index in [1.165, 1.54) is 4.68 Å². The Labute approximate surface area is 97.6 Å². The van der Waals surface area contributed by atoms with Gasteiger partial charge >= 0.3 is 0 Å². The molecule has 0 aromatic carbocycles. The lowest BCUT2D eigenvalue weighted by atomic mass is 10.3. The number of furan rings is 1. The van der Waals surface area contributed by atoms with Crippen LogP contribution in [0.5, 0.6) is 0 Å². The smallest absolute Gasteiger partial charge is 0.242 e. The summed E-state index contributed by atoms with van der Waals surface area (Å²) in [6.45, 7) is 0.884. The van der Waals surface area contributed by atoms with Gasteiger partial charge in [0.1, 0.15) is 6.54 Å². The van der Waals surface area contributed by atoms with Gasteiger partial charge in [-0.05, 0) is 6.07 Å². The number of amides is 1. The van der Waals surface area contributed by atoms with Crippen molar-refractivity contribution in [3.05, 3.63) is 36.0 Å². The molecule has 0 aliphatic heterocycles. The van der Waals surface area contributed by atoms with Crippen LogP contribution in [-0.2, 0) is 24.4 Å². The van der Waals surface area contributed by atoms with Crippen molar-refractivity contribution in [1.82, 2.24) is 20.3 Å². The Hall–Kier alpha value is -2.15. The molecule has 2 heterocycles. The van der Waals surface area contributed by atoms with E-state index in [0.717, 1.165) is 5.56 Å². The lowest BCUT2D eigenvalue weighted by molar-refractivity contribution is -0.122. The third kappa shape index (κ3) is 3.15. The highest BCUT2D eigenvalue weighted by Crippen LogP contribution is 1.98. The third-order valence-electron chi connectivity index (χ3n) is 2.17. The molecule has 0 aliphatic rings. The number of aromatic nitrogens is 3. The zero-order valence-corrected chi connectivity index (χ0v) is 9.17. The number of carbonyl (C=O) groups excluding carboxylic acids is 1. The topological polar surface area (TPSA) is 99.0 Å². The molecule has 7 nitrogen and oxygen atoms in total. The molecule has 0 bridgehead atoms. The SMILES string of the molecule is NCc1cn(CC(=O)NCc2ccoc2)nn1. The average molecular weight is 235 g/mol. The summed E-state index contributed by atoms with van der Waals surface area (Å²) in [6.07, 6.45) is 4.80. The molecule has 0 saturated carbocycles. The first-order valence-corrected chi connectivity index (χ1v) is 5.15. The number of nitrogens with two attached hydrogens (primary N) is 1. The number of carbonyl (C=O) groups is 1. The van der Waals surface area contributed by atoms with Crippen LogP contribution in [0.4, 0.5) is 0 Å². The van der Waals surface area contributed by atoms with Gasteiger partial charge in [-0.15, -0.1) is 5.10 Å². The van der Waals surface area contributed by atoms with E-state index < -0.39 is 0 Å². The highest BCUT2D eigenvalue weighted by Gasteiger charge is 2.05. The monoisotopic (exact) mass is 235 g/mol. The number of nitrogens with zero attached hydrogens (tertiary/aromatic N) is 3. The van der Waals surface area contributed by atoms with Gasteiger partial charge < -0.3 is 15.5 Å². The van der Waals surface area contributed by atoms with Crippen LogP contribution in [0.15, 0.2) is 29.2 Å². The van der Waals surface area contributed by atoms with E-state index in [4.69, 9.17) is 10.2 Å². The average Bonchev–Trinajstić information content (AvgIpc) is 2.97. The molecular formula is C10H13N5O2. The summed E-state index contributed by atoms with van der Waals surface area (Å²) in [5, 5.41) is 10.3. The van der Waals surface area contributed by atoms with Crippen molar-refractivity contribution >= 4 is 5.91 Å². The van der Waals surface area contributed by atoms with Crippen molar-refractivity contribution in [2.24, 2.45) is 5.73 Å². The largest absolute Gasteiger partial charge is 0.472 e. The molecule has 90 valence electrons. The maximum atomic E-state index is 11.5. The van der Waals surface area contributed by atoms with Gasteiger partial charge in [0.2, 0.25) is 5.91 Å². The minimum Gasteiger partial charge on any atom is -0.472 e. The molecule has 0 unspecified atom stereocenters. The van der Waals surface area contributed by atoms with Gasteiger partial charge in [-0.1, -0.05) is 5.21 Å². The number of nitrogens with one attached hydrogen (secondary N) is 1. The van der Waals surface area contributed by atoms with Crippen LogP contribution >= 0.6 is 0 Å². The highest BCUT2D eigenvalue weighted by atomic mass is 16.3. The Morgan fingerprint density at radius 2 is 2.47 bits per heavy atom. The number of hydrogen-bond acceptors (Lipinski definition) is 5. The summed E-state index contributed by atoms with van der Waals surface area (Å²) in [4.78, 5) is 11.5. The van der Waals surface area contributed by atoms with Crippen molar-refractivity contribution in [2.45, 2.75) is 19.6 Å². The summed E-state index contributed by atoms with van der Waals surface area (Å²) < 4.78 is 6.34. The van der Waals surface area contributed by atoms with E-state index in [-0.39, 0.29) is 12.5 Å². The molecular weight excluding hydrogens is 222 g/mol. The minimum atomic E-state index is -0.139. The molecule has 1 amide bonds. The normalized spacial score (nSPS) is 10.4. The lowest BCUT2D eigenvalue weighted by Crippen LogP contribution is -2.27. The van der Waals surface area contributed by atoms with Crippen molar-refractivity contribution in [3.8, 4) is 0 Å². The number of hydrogen-bond donors (Lipinski definition) is 2. The third-order valence-corrected chi connectivity index (χ3v) is 2.17. The van der Waals surface area contributed by atoms with Crippen molar-refractivity contribution < 1.29 is 9.21 Å². The maximum absolute atomic E-state index is 11.5. The van der Waals surface area contributed by atoms with Crippen LogP contribution in [0.25, 0.3) is 0 Å². The fourth-order valence-corrected chi connectivity index (χ4v) is 1.31. The number of rotatable bonds is 5. The molecule has 2 rings (SSSR count). The van der Waals surface area contributed by atoms with E-state index in [0.29, 0.717) is 18.8 Å². The minimum absolute atomic E-state index is 0.130. The van der Waals surface area contributed by atoms with Crippen LogP contribution in [0.1, 0.15) is 11.3 Å². The maximum Gasteiger partial charge on any atom is 0.242 e. The summed E-state index contributed by atoms with van der Waals surface area (Å²) in [5.74, 6) is -0.139. The summed E-state index contributed by atoms with van der Waals surface area (Å²) in [5.41, 5.74) is 6.97. The Bertz CT molecular complexity index is 477. The molecule has 2 aromatic rings. The van der Waals surface area contributed by atoms with E-state index in [2.05, 4.69) is 15.6 Å². The Balaban J connectivity index is 1.81. The van der Waals surface area contributed by atoms with Crippen molar-refractivity contribution in [1.29, 1.82) is 0 Å². The second kappa shape index (κ2) is 5.26. The van der Waals surface area contributed by atoms with Crippen LogP contribution in [-0.4, -0.2) is 20.9 Å².